The number of aromatic nitrogens is 4. The van der Waals surface area contributed by atoms with Crippen molar-refractivity contribution < 1.29 is 0 Å². The standard InChI is InChI=1S/C17H13Cl2N5/c18-16-15-13(22-17(19)24-16)5-6-14(23-15)20-8-7-10-9-21-12-4-2-1-3-11(10)12/h1-6,9,21H,7-8H2,(H,20,23). The van der Waals surface area contributed by atoms with Crippen molar-refractivity contribution in [1.82, 2.24) is 19.9 Å². The summed E-state index contributed by atoms with van der Waals surface area (Å²) < 4.78 is 0. The highest BCUT2D eigenvalue weighted by molar-refractivity contribution is 6.35. The minimum Gasteiger partial charge on any atom is -0.370 e. The van der Waals surface area contributed by atoms with Crippen molar-refractivity contribution in [2.75, 3.05) is 11.9 Å². The number of aromatic amines is 1. The van der Waals surface area contributed by atoms with Gasteiger partial charge in [0.15, 0.2) is 5.15 Å². The Morgan fingerprint density at radius 1 is 1.00 bits per heavy atom. The van der Waals surface area contributed by atoms with Gasteiger partial charge < -0.3 is 10.3 Å². The predicted molar refractivity (Wildman–Crippen MR) is 97.8 cm³/mol. The third kappa shape index (κ3) is 2.88. The largest absolute Gasteiger partial charge is 0.370 e. The lowest BCUT2D eigenvalue weighted by Gasteiger charge is -2.07. The Hall–Kier alpha value is -2.37. The van der Waals surface area contributed by atoms with Crippen LogP contribution in [-0.2, 0) is 6.42 Å². The number of para-hydroxylation sites is 1. The number of pyridine rings is 1. The fraction of sp³-hybridized carbons (Fsp3) is 0.118. The van der Waals surface area contributed by atoms with Crippen LogP contribution in [0.5, 0.6) is 0 Å². The third-order valence-corrected chi connectivity index (χ3v) is 4.28. The van der Waals surface area contributed by atoms with Gasteiger partial charge in [-0.05, 0) is 41.8 Å². The fourth-order valence-corrected chi connectivity index (χ4v) is 3.15. The van der Waals surface area contributed by atoms with E-state index < -0.39 is 0 Å². The molecular weight excluding hydrogens is 345 g/mol. The van der Waals surface area contributed by atoms with Crippen molar-refractivity contribution in [1.29, 1.82) is 0 Å². The number of nitrogens with zero attached hydrogens (tertiary/aromatic N) is 3. The van der Waals surface area contributed by atoms with Gasteiger partial charge in [-0.3, -0.25) is 0 Å². The average Bonchev–Trinajstić information content (AvgIpc) is 2.99. The van der Waals surface area contributed by atoms with E-state index in [-0.39, 0.29) is 10.4 Å². The molecule has 0 aliphatic carbocycles. The molecule has 24 heavy (non-hydrogen) atoms. The molecule has 0 saturated carbocycles. The Kier molecular flexibility index (Phi) is 3.96. The molecule has 0 aliphatic rings. The Morgan fingerprint density at radius 3 is 2.79 bits per heavy atom. The zero-order valence-corrected chi connectivity index (χ0v) is 14.1. The van der Waals surface area contributed by atoms with E-state index in [0.717, 1.165) is 24.3 Å². The molecule has 2 N–H and O–H groups in total. The fourth-order valence-electron chi connectivity index (χ4n) is 2.71. The Bertz CT molecular complexity index is 1030. The smallest absolute Gasteiger partial charge is 0.224 e. The highest BCUT2D eigenvalue weighted by atomic mass is 35.5. The Labute approximate surface area is 148 Å². The van der Waals surface area contributed by atoms with Crippen LogP contribution in [0.1, 0.15) is 5.56 Å². The first kappa shape index (κ1) is 15.2. The first-order chi connectivity index (χ1) is 11.7. The van der Waals surface area contributed by atoms with Crippen LogP contribution in [0.3, 0.4) is 0 Å². The first-order valence-corrected chi connectivity index (χ1v) is 8.25. The molecule has 3 heterocycles. The quantitative estimate of drug-likeness (QED) is 0.417. The molecule has 0 saturated heterocycles. The van der Waals surface area contributed by atoms with Crippen molar-refractivity contribution >= 4 is 51.0 Å². The molecule has 0 atom stereocenters. The summed E-state index contributed by atoms with van der Waals surface area (Å²) in [4.78, 5) is 15.8. The van der Waals surface area contributed by atoms with Crippen LogP contribution < -0.4 is 5.32 Å². The van der Waals surface area contributed by atoms with Gasteiger partial charge >= 0.3 is 0 Å². The van der Waals surface area contributed by atoms with Crippen LogP contribution in [0.4, 0.5) is 5.82 Å². The topological polar surface area (TPSA) is 66.5 Å². The number of rotatable bonds is 4. The summed E-state index contributed by atoms with van der Waals surface area (Å²) in [5.41, 5.74) is 3.59. The molecule has 0 amide bonds. The molecule has 7 heteroatoms. The second kappa shape index (κ2) is 6.26. The molecule has 5 nitrogen and oxygen atoms in total. The lowest BCUT2D eigenvalue weighted by atomic mass is 10.1. The maximum atomic E-state index is 6.08. The summed E-state index contributed by atoms with van der Waals surface area (Å²) in [7, 11) is 0. The van der Waals surface area contributed by atoms with Gasteiger partial charge in [0.25, 0.3) is 0 Å². The molecule has 1 aromatic carbocycles. The molecule has 0 aliphatic heterocycles. The van der Waals surface area contributed by atoms with E-state index in [1.54, 1.807) is 0 Å². The molecular formula is C17H13Cl2N5. The molecule has 4 rings (SSSR count). The van der Waals surface area contributed by atoms with Gasteiger partial charge in [-0.15, -0.1) is 0 Å². The number of hydrogen-bond acceptors (Lipinski definition) is 4. The SMILES string of the molecule is Clc1nc(Cl)c2nc(NCCc3c[nH]c4ccccc34)ccc2n1. The van der Waals surface area contributed by atoms with Crippen LogP contribution in [0.2, 0.25) is 10.4 Å². The third-order valence-electron chi connectivity index (χ3n) is 3.85. The van der Waals surface area contributed by atoms with Crippen molar-refractivity contribution in [3.63, 3.8) is 0 Å². The van der Waals surface area contributed by atoms with E-state index in [4.69, 9.17) is 23.2 Å². The first-order valence-electron chi connectivity index (χ1n) is 7.49. The summed E-state index contributed by atoms with van der Waals surface area (Å²) >= 11 is 11.9. The zero-order valence-electron chi connectivity index (χ0n) is 12.6. The number of benzene rings is 1. The molecule has 0 spiro atoms. The number of nitrogens with one attached hydrogen (secondary N) is 2. The van der Waals surface area contributed by atoms with Gasteiger partial charge in [0, 0.05) is 23.6 Å². The van der Waals surface area contributed by atoms with Gasteiger partial charge in [-0.25, -0.2) is 15.0 Å². The van der Waals surface area contributed by atoms with Crippen LogP contribution in [0, 0.1) is 0 Å². The second-order valence-corrected chi connectivity index (χ2v) is 6.08. The van der Waals surface area contributed by atoms with Crippen molar-refractivity contribution in [2.24, 2.45) is 0 Å². The number of halogens is 2. The van der Waals surface area contributed by atoms with Crippen LogP contribution in [0.25, 0.3) is 21.9 Å². The molecule has 120 valence electrons. The van der Waals surface area contributed by atoms with Crippen LogP contribution >= 0.6 is 23.2 Å². The maximum Gasteiger partial charge on any atom is 0.224 e. The summed E-state index contributed by atoms with van der Waals surface area (Å²) in [5.74, 6) is 0.732. The molecule has 0 fully saturated rings. The van der Waals surface area contributed by atoms with E-state index in [2.05, 4.69) is 37.4 Å². The predicted octanol–water partition coefficient (Wildman–Crippen LogP) is 4.47. The van der Waals surface area contributed by atoms with Gasteiger partial charge in [-0.1, -0.05) is 29.8 Å². The van der Waals surface area contributed by atoms with Crippen molar-refractivity contribution in [3.8, 4) is 0 Å². The van der Waals surface area contributed by atoms with Gasteiger partial charge in [0.2, 0.25) is 5.28 Å². The summed E-state index contributed by atoms with van der Waals surface area (Å²) in [6.07, 6.45) is 2.93. The molecule has 3 aromatic heterocycles. The van der Waals surface area contributed by atoms with Crippen molar-refractivity contribution in [3.05, 3.63) is 58.6 Å². The lowest BCUT2D eigenvalue weighted by Crippen LogP contribution is -2.06. The number of hydrogen-bond donors (Lipinski definition) is 2. The van der Waals surface area contributed by atoms with Gasteiger partial charge in [0.05, 0.1) is 5.52 Å². The summed E-state index contributed by atoms with van der Waals surface area (Å²) in [6.45, 7) is 0.756. The summed E-state index contributed by atoms with van der Waals surface area (Å²) in [5, 5.41) is 4.93. The van der Waals surface area contributed by atoms with Crippen LogP contribution in [-0.4, -0.2) is 26.5 Å². The molecule has 0 radical (unpaired) electrons. The van der Waals surface area contributed by atoms with Crippen LogP contribution in [0.15, 0.2) is 42.6 Å². The number of anilines is 1. The second-order valence-electron chi connectivity index (χ2n) is 5.38. The monoisotopic (exact) mass is 357 g/mol. The minimum absolute atomic E-state index is 0.120. The normalized spacial score (nSPS) is 11.2. The van der Waals surface area contributed by atoms with Gasteiger partial charge in [-0.2, -0.15) is 0 Å². The van der Waals surface area contributed by atoms with E-state index in [1.165, 1.54) is 10.9 Å². The lowest BCUT2D eigenvalue weighted by molar-refractivity contribution is 1.02. The van der Waals surface area contributed by atoms with Gasteiger partial charge in [0.1, 0.15) is 11.3 Å². The average molecular weight is 358 g/mol. The Balaban J connectivity index is 1.51. The van der Waals surface area contributed by atoms with Crippen molar-refractivity contribution in [2.45, 2.75) is 6.42 Å². The number of H-pyrrole nitrogens is 1. The zero-order chi connectivity index (χ0) is 16.5. The summed E-state index contributed by atoms with van der Waals surface area (Å²) in [6, 6.07) is 12.0. The molecule has 4 aromatic rings. The maximum absolute atomic E-state index is 6.08. The molecule has 0 bridgehead atoms. The van der Waals surface area contributed by atoms with E-state index in [9.17, 15) is 0 Å². The minimum atomic E-state index is 0.120. The highest BCUT2D eigenvalue weighted by Gasteiger charge is 2.08. The number of fused-ring (bicyclic) bond motifs is 2. The van der Waals surface area contributed by atoms with E-state index in [1.807, 2.05) is 30.5 Å². The molecule has 0 unspecified atom stereocenters. The van der Waals surface area contributed by atoms with E-state index in [0.29, 0.717) is 11.0 Å². The van der Waals surface area contributed by atoms with E-state index >= 15 is 0 Å². The highest BCUT2D eigenvalue weighted by Crippen LogP contribution is 2.22. The Morgan fingerprint density at radius 2 is 1.88 bits per heavy atom.